The van der Waals surface area contributed by atoms with Gasteiger partial charge in [0.1, 0.15) is 5.01 Å². The van der Waals surface area contributed by atoms with Crippen LogP contribution in [0.3, 0.4) is 0 Å². The van der Waals surface area contributed by atoms with Crippen molar-refractivity contribution < 1.29 is 0 Å². The van der Waals surface area contributed by atoms with E-state index in [-0.39, 0.29) is 0 Å². The minimum absolute atomic E-state index is 0.555. The zero-order valence-corrected chi connectivity index (χ0v) is 11.5. The van der Waals surface area contributed by atoms with E-state index in [9.17, 15) is 0 Å². The predicted octanol–water partition coefficient (Wildman–Crippen LogP) is 1.13. The van der Waals surface area contributed by atoms with Crippen LogP contribution in [-0.4, -0.2) is 48.0 Å². The second kappa shape index (κ2) is 5.91. The van der Waals surface area contributed by atoms with Crippen molar-refractivity contribution in [2.24, 2.45) is 5.73 Å². The molecule has 0 spiro atoms. The van der Waals surface area contributed by atoms with Crippen molar-refractivity contribution in [1.29, 1.82) is 0 Å². The Morgan fingerprint density at radius 2 is 2.47 bits per heavy atom. The van der Waals surface area contributed by atoms with Gasteiger partial charge in [0.25, 0.3) is 0 Å². The van der Waals surface area contributed by atoms with Crippen LogP contribution in [0.4, 0.5) is 0 Å². The Morgan fingerprint density at radius 3 is 3.06 bits per heavy atom. The molecular weight excluding hydrogens is 232 g/mol. The summed E-state index contributed by atoms with van der Waals surface area (Å²) in [6, 6.07) is 0.715. The molecule has 2 N–H and O–H groups in total. The molecule has 0 amide bonds. The maximum atomic E-state index is 5.57. The maximum absolute atomic E-state index is 5.57. The smallest absolute Gasteiger partial charge is 0.106 e. The maximum Gasteiger partial charge on any atom is 0.106 e. The van der Waals surface area contributed by atoms with Gasteiger partial charge >= 0.3 is 0 Å². The molecule has 1 aromatic rings. The van der Waals surface area contributed by atoms with Crippen LogP contribution in [0.2, 0.25) is 0 Å². The molecule has 0 saturated carbocycles. The lowest BCUT2D eigenvalue weighted by molar-refractivity contribution is 0.214. The number of thiazole rings is 1. The highest BCUT2D eigenvalue weighted by Gasteiger charge is 2.22. The zero-order valence-electron chi connectivity index (χ0n) is 10.7. The monoisotopic (exact) mass is 254 g/mol. The van der Waals surface area contributed by atoms with E-state index in [4.69, 9.17) is 5.73 Å². The molecule has 1 unspecified atom stereocenters. The molecule has 1 aliphatic heterocycles. The average Bonchev–Trinajstić information content (AvgIpc) is 2.89. The van der Waals surface area contributed by atoms with Crippen LogP contribution in [0.15, 0.2) is 5.38 Å². The Labute approximate surface area is 107 Å². The number of rotatable bonds is 5. The quantitative estimate of drug-likeness (QED) is 0.855. The molecule has 1 aliphatic rings. The summed E-state index contributed by atoms with van der Waals surface area (Å²) in [4.78, 5) is 9.32. The van der Waals surface area contributed by atoms with Crippen LogP contribution in [0.1, 0.15) is 23.5 Å². The highest BCUT2D eigenvalue weighted by molar-refractivity contribution is 7.09. The third kappa shape index (κ3) is 3.48. The Kier molecular flexibility index (Phi) is 4.50. The minimum atomic E-state index is 0.555. The van der Waals surface area contributed by atoms with E-state index in [2.05, 4.69) is 34.3 Å². The Bertz CT molecular complexity index is 352. The van der Waals surface area contributed by atoms with Crippen molar-refractivity contribution in [2.45, 2.75) is 32.0 Å². The molecule has 1 fully saturated rings. The first-order valence-corrected chi connectivity index (χ1v) is 7.09. The van der Waals surface area contributed by atoms with E-state index in [1.165, 1.54) is 19.4 Å². The molecule has 1 atom stereocenters. The van der Waals surface area contributed by atoms with Crippen LogP contribution >= 0.6 is 11.3 Å². The fraction of sp³-hybridized carbons (Fsp3) is 0.750. The summed E-state index contributed by atoms with van der Waals surface area (Å²) in [6.45, 7) is 3.86. The van der Waals surface area contributed by atoms with Gasteiger partial charge < -0.3 is 10.6 Å². The van der Waals surface area contributed by atoms with E-state index >= 15 is 0 Å². The molecule has 0 bridgehead atoms. The summed E-state index contributed by atoms with van der Waals surface area (Å²) in [5.74, 6) is 0. The largest absolute Gasteiger partial charge is 0.325 e. The molecule has 1 saturated heterocycles. The summed E-state index contributed by atoms with van der Waals surface area (Å²) in [6.07, 6.45) is 2.66. The molecule has 5 heteroatoms. The van der Waals surface area contributed by atoms with Crippen molar-refractivity contribution in [3.63, 3.8) is 0 Å². The number of aromatic nitrogens is 1. The van der Waals surface area contributed by atoms with Gasteiger partial charge in [0, 0.05) is 31.1 Å². The molecule has 2 heterocycles. The Hall–Kier alpha value is -0.490. The molecule has 0 aliphatic carbocycles. The average molecular weight is 254 g/mol. The number of hydrogen-bond donors (Lipinski definition) is 1. The molecule has 4 nitrogen and oxygen atoms in total. The van der Waals surface area contributed by atoms with Crippen molar-refractivity contribution in [3.05, 3.63) is 16.1 Å². The van der Waals surface area contributed by atoms with E-state index < -0.39 is 0 Å². The normalized spacial score (nSPS) is 21.5. The van der Waals surface area contributed by atoms with Crippen LogP contribution in [0.25, 0.3) is 0 Å². The molecular formula is C12H22N4S. The van der Waals surface area contributed by atoms with Gasteiger partial charge in [0.2, 0.25) is 0 Å². The van der Waals surface area contributed by atoms with Crippen molar-refractivity contribution in [2.75, 3.05) is 27.2 Å². The topological polar surface area (TPSA) is 45.4 Å². The standard InChI is InChI=1S/C12H22N4S/c1-15(8-11-4-3-5-16(11)2)7-10-9-17-12(6-13)14-10/h9,11H,3-8,13H2,1-2H3. The van der Waals surface area contributed by atoms with Crippen LogP contribution in [-0.2, 0) is 13.1 Å². The van der Waals surface area contributed by atoms with E-state index in [0.29, 0.717) is 12.6 Å². The second-order valence-electron chi connectivity index (χ2n) is 4.91. The molecule has 0 aromatic carbocycles. The van der Waals surface area contributed by atoms with Crippen molar-refractivity contribution in [3.8, 4) is 0 Å². The molecule has 2 rings (SSSR count). The highest BCUT2D eigenvalue weighted by atomic mass is 32.1. The van der Waals surface area contributed by atoms with Gasteiger partial charge in [-0.05, 0) is 33.5 Å². The van der Waals surface area contributed by atoms with Crippen molar-refractivity contribution in [1.82, 2.24) is 14.8 Å². The van der Waals surface area contributed by atoms with Gasteiger partial charge in [-0.2, -0.15) is 0 Å². The number of nitrogens with zero attached hydrogens (tertiary/aromatic N) is 3. The SMILES string of the molecule is CN(Cc1csc(CN)n1)CC1CCCN1C. The lowest BCUT2D eigenvalue weighted by Crippen LogP contribution is -2.36. The van der Waals surface area contributed by atoms with Crippen LogP contribution in [0.5, 0.6) is 0 Å². The van der Waals surface area contributed by atoms with Gasteiger partial charge in [0.15, 0.2) is 0 Å². The van der Waals surface area contributed by atoms with Crippen molar-refractivity contribution >= 4 is 11.3 Å². The summed E-state index contributed by atoms with van der Waals surface area (Å²) in [5, 5.41) is 3.16. The Morgan fingerprint density at radius 1 is 1.65 bits per heavy atom. The van der Waals surface area contributed by atoms with Crippen LogP contribution in [0, 0.1) is 0 Å². The number of likely N-dealkylation sites (tertiary alicyclic amines) is 1. The molecule has 1 aromatic heterocycles. The van der Waals surface area contributed by atoms with Crippen LogP contribution < -0.4 is 5.73 Å². The number of likely N-dealkylation sites (N-methyl/N-ethyl adjacent to an activating group) is 2. The summed E-state index contributed by atoms with van der Waals surface area (Å²) < 4.78 is 0. The number of nitrogens with two attached hydrogens (primary N) is 1. The van der Waals surface area contributed by atoms with Gasteiger partial charge in [-0.3, -0.25) is 4.90 Å². The first kappa shape index (κ1) is 13.0. The predicted molar refractivity (Wildman–Crippen MR) is 72.0 cm³/mol. The Balaban J connectivity index is 1.82. The molecule has 17 heavy (non-hydrogen) atoms. The van der Waals surface area contributed by atoms with E-state index in [1.54, 1.807) is 11.3 Å². The molecule has 96 valence electrons. The second-order valence-corrected chi connectivity index (χ2v) is 5.85. The fourth-order valence-corrected chi connectivity index (χ4v) is 3.09. The molecule has 0 radical (unpaired) electrons. The van der Waals surface area contributed by atoms with Gasteiger partial charge in [-0.1, -0.05) is 0 Å². The summed E-state index contributed by atoms with van der Waals surface area (Å²) >= 11 is 1.66. The number of hydrogen-bond acceptors (Lipinski definition) is 5. The first-order chi connectivity index (χ1) is 8.19. The third-order valence-corrected chi connectivity index (χ3v) is 4.32. The van der Waals surface area contributed by atoms with E-state index in [0.717, 1.165) is 23.8 Å². The summed E-state index contributed by atoms with van der Waals surface area (Å²) in [7, 11) is 4.40. The zero-order chi connectivity index (χ0) is 12.3. The highest BCUT2D eigenvalue weighted by Crippen LogP contribution is 2.17. The third-order valence-electron chi connectivity index (χ3n) is 3.40. The minimum Gasteiger partial charge on any atom is -0.325 e. The first-order valence-electron chi connectivity index (χ1n) is 6.21. The fourth-order valence-electron chi connectivity index (χ4n) is 2.43. The lowest BCUT2D eigenvalue weighted by atomic mass is 10.2. The summed E-state index contributed by atoms with van der Waals surface area (Å²) in [5.41, 5.74) is 6.72. The van der Waals surface area contributed by atoms with Gasteiger partial charge in [-0.15, -0.1) is 11.3 Å². The van der Waals surface area contributed by atoms with Gasteiger partial charge in [-0.25, -0.2) is 4.98 Å². The lowest BCUT2D eigenvalue weighted by Gasteiger charge is -2.25. The van der Waals surface area contributed by atoms with Gasteiger partial charge in [0.05, 0.1) is 5.69 Å². The van der Waals surface area contributed by atoms with E-state index in [1.807, 2.05) is 0 Å².